The van der Waals surface area contributed by atoms with E-state index in [4.69, 9.17) is 0 Å². The molecule has 54 valence electrons. The Morgan fingerprint density at radius 3 is 2.56 bits per heavy atom. The molecule has 0 saturated heterocycles. The molecule has 0 bridgehead atoms. The molecule has 0 aromatic rings. The topological polar surface area (TPSA) is 0 Å². The van der Waals surface area contributed by atoms with Gasteiger partial charge in [-0.25, -0.2) is 4.39 Å². The molecule has 0 saturated carbocycles. The Kier molecular flexibility index (Phi) is 5.06. The summed E-state index contributed by atoms with van der Waals surface area (Å²) in [6, 6.07) is 0. The average molecular weight is 195 g/mol. The Morgan fingerprint density at radius 1 is 1.67 bits per heavy atom. The van der Waals surface area contributed by atoms with Gasteiger partial charge in [-0.1, -0.05) is 27.6 Å². The van der Waals surface area contributed by atoms with Gasteiger partial charge >= 0.3 is 0 Å². The van der Waals surface area contributed by atoms with E-state index >= 15 is 0 Å². The van der Waals surface area contributed by atoms with Gasteiger partial charge in [-0.05, 0) is 20.3 Å². The van der Waals surface area contributed by atoms with Crippen molar-refractivity contribution in [2.24, 2.45) is 0 Å². The second-order valence-electron chi connectivity index (χ2n) is 2.27. The van der Waals surface area contributed by atoms with E-state index in [1.54, 1.807) is 0 Å². The summed E-state index contributed by atoms with van der Waals surface area (Å²) in [5, 5.41) is 0.441. The van der Waals surface area contributed by atoms with E-state index in [1.807, 2.05) is 19.9 Å². The van der Waals surface area contributed by atoms with Crippen LogP contribution in [0.4, 0.5) is 4.39 Å². The zero-order valence-corrected chi connectivity index (χ0v) is 7.41. The molecule has 0 aliphatic heterocycles. The molecule has 0 heterocycles. The second kappa shape index (κ2) is 4.98. The minimum absolute atomic E-state index is 0.441. The Bertz CT molecular complexity index is 95.1. The molecular formula is C7H12BrF. The smallest absolute Gasteiger partial charge is 0.113 e. The monoisotopic (exact) mass is 194 g/mol. The van der Waals surface area contributed by atoms with Crippen molar-refractivity contribution in [2.45, 2.75) is 26.4 Å². The van der Waals surface area contributed by atoms with Crippen LogP contribution in [0.25, 0.3) is 0 Å². The van der Waals surface area contributed by atoms with Crippen LogP contribution in [0.3, 0.4) is 0 Å². The number of rotatable bonds is 3. The van der Waals surface area contributed by atoms with E-state index in [0.29, 0.717) is 11.8 Å². The lowest BCUT2D eigenvalue weighted by atomic mass is 10.2. The van der Waals surface area contributed by atoms with Gasteiger partial charge in [0, 0.05) is 5.33 Å². The maximum Gasteiger partial charge on any atom is 0.113 e. The highest BCUT2D eigenvalue weighted by atomic mass is 79.9. The van der Waals surface area contributed by atoms with Crippen molar-refractivity contribution in [3.63, 3.8) is 0 Å². The molecule has 9 heavy (non-hydrogen) atoms. The van der Waals surface area contributed by atoms with Gasteiger partial charge in [-0.3, -0.25) is 0 Å². The molecule has 0 unspecified atom stereocenters. The lowest BCUT2D eigenvalue weighted by Crippen LogP contribution is -1.98. The predicted molar refractivity (Wildman–Crippen MR) is 42.7 cm³/mol. The van der Waals surface area contributed by atoms with Crippen LogP contribution in [-0.4, -0.2) is 11.5 Å². The highest BCUT2D eigenvalue weighted by Crippen LogP contribution is 2.04. The van der Waals surface area contributed by atoms with Crippen LogP contribution in [0.15, 0.2) is 11.6 Å². The van der Waals surface area contributed by atoms with E-state index < -0.39 is 6.17 Å². The maximum atomic E-state index is 12.4. The standard InChI is InChI=1S/C7H12BrF/c1-6(2)3-4-7(9)5-8/h3,7H,4-5H2,1-2H3/t7-/m0/s1. The predicted octanol–water partition coefficient (Wildman–Crippen LogP) is 3.08. The van der Waals surface area contributed by atoms with Crippen LogP contribution >= 0.6 is 15.9 Å². The summed E-state index contributed by atoms with van der Waals surface area (Å²) in [5.74, 6) is 0. The molecule has 0 amide bonds. The van der Waals surface area contributed by atoms with Gasteiger partial charge < -0.3 is 0 Å². The fraction of sp³-hybridized carbons (Fsp3) is 0.714. The largest absolute Gasteiger partial charge is 0.246 e. The average Bonchev–Trinajstić information content (AvgIpc) is 1.83. The van der Waals surface area contributed by atoms with Gasteiger partial charge in [0.2, 0.25) is 0 Å². The van der Waals surface area contributed by atoms with Gasteiger partial charge in [0.15, 0.2) is 0 Å². The van der Waals surface area contributed by atoms with Crippen LogP contribution in [0.1, 0.15) is 20.3 Å². The zero-order valence-electron chi connectivity index (χ0n) is 5.82. The Hall–Kier alpha value is 0.150. The highest BCUT2D eigenvalue weighted by molar-refractivity contribution is 9.09. The normalized spacial score (nSPS) is 12.9. The number of allylic oxidation sites excluding steroid dienone is 2. The van der Waals surface area contributed by atoms with Crippen LogP contribution < -0.4 is 0 Å². The third kappa shape index (κ3) is 6.03. The molecule has 1 atom stereocenters. The van der Waals surface area contributed by atoms with Crippen molar-refractivity contribution in [1.82, 2.24) is 0 Å². The molecule has 0 aliphatic carbocycles. The number of alkyl halides is 2. The lowest BCUT2D eigenvalue weighted by molar-refractivity contribution is 0.373. The van der Waals surface area contributed by atoms with Crippen LogP contribution in [0.2, 0.25) is 0 Å². The minimum Gasteiger partial charge on any atom is -0.246 e. The fourth-order valence-electron chi connectivity index (χ4n) is 0.427. The fourth-order valence-corrected chi connectivity index (χ4v) is 0.691. The molecule has 0 aromatic carbocycles. The van der Waals surface area contributed by atoms with Gasteiger partial charge in [-0.2, -0.15) is 0 Å². The minimum atomic E-state index is -0.722. The van der Waals surface area contributed by atoms with Crippen LogP contribution in [0, 0.1) is 0 Å². The summed E-state index contributed by atoms with van der Waals surface area (Å²) in [6.07, 6.45) is 1.72. The lowest BCUT2D eigenvalue weighted by Gasteiger charge is -1.97. The number of halogens is 2. The first kappa shape index (κ1) is 9.15. The first-order chi connectivity index (χ1) is 4.16. The molecular weight excluding hydrogens is 183 g/mol. The van der Waals surface area contributed by atoms with Crippen molar-refractivity contribution in [3.8, 4) is 0 Å². The van der Waals surface area contributed by atoms with Crippen molar-refractivity contribution in [2.75, 3.05) is 5.33 Å². The number of hydrogen-bond donors (Lipinski definition) is 0. The molecule has 0 N–H and O–H groups in total. The van der Waals surface area contributed by atoms with E-state index in [1.165, 1.54) is 5.57 Å². The third-order valence-corrected chi connectivity index (χ3v) is 1.65. The summed E-state index contributed by atoms with van der Waals surface area (Å²) in [4.78, 5) is 0. The first-order valence-corrected chi connectivity index (χ1v) is 4.12. The maximum absolute atomic E-state index is 12.4. The number of hydrogen-bond acceptors (Lipinski definition) is 0. The van der Waals surface area contributed by atoms with Gasteiger partial charge in [0.05, 0.1) is 0 Å². The van der Waals surface area contributed by atoms with Crippen molar-refractivity contribution in [3.05, 3.63) is 11.6 Å². The molecule has 0 rings (SSSR count). The summed E-state index contributed by atoms with van der Waals surface area (Å²) in [6.45, 7) is 3.95. The van der Waals surface area contributed by atoms with Crippen LogP contribution in [-0.2, 0) is 0 Å². The van der Waals surface area contributed by atoms with Crippen molar-refractivity contribution in [1.29, 1.82) is 0 Å². The molecule has 0 spiro atoms. The van der Waals surface area contributed by atoms with Gasteiger partial charge in [0.25, 0.3) is 0 Å². The Balaban J connectivity index is 3.37. The second-order valence-corrected chi connectivity index (χ2v) is 2.92. The summed E-state index contributed by atoms with van der Waals surface area (Å²) < 4.78 is 12.4. The molecule has 0 nitrogen and oxygen atoms in total. The summed E-state index contributed by atoms with van der Waals surface area (Å²) in [5.41, 5.74) is 1.18. The van der Waals surface area contributed by atoms with Crippen molar-refractivity contribution < 1.29 is 4.39 Å². The molecule has 0 aromatic heterocycles. The first-order valence-electron chi connectivity index (χ1n) is 3.00. The summed E-state index contributed by atoms with van der Waals surface area (Å²) in [7, 11) is 0. The van der Waals surface area contributed by atoms with Gasteiger partial charge in [0.1, 0.15) is 6.17 Å². The van der Waals surface area contributed by atoms with E-state index in [2.05, 4.69) is 15.9 Å². The Labute approximate surface area is 64.3 Å². The quantitative estimate of drug-likeness (QED) is 0.479. The SMILES string of the molecule is CC(C)=CC[C@H](F)CBr. The van der Waals surface area contributed by atoms with Crippen molar-refractivity contribution >= 4 is 15.9 Å². The van der Waals surface area contributed by atoms with Crippen LogP contribution in [0.5, 0.6) is 0 Å². The Morgan fingerprint density at radius 2 is 2.22 bits per heavy atom. The molecule has 0 radical (unpaired) electrons. The summed E-state index contributed by atoms with van der Waals surface area (Å²) >= 11 is 3.06. The molecule has 0 aliphatic rings. The zero-order chi connectivity index (χ0) is 7.28. The molecule has 2 heteroatoms. The van der Waals surface area contributed by atoms with E-state index in [9.17, 15) is 4.39 Å². The molecule has 0 fully saturated rings. The van der Waals surface area contributed by atoms with E-state index in [0.717, 1.165) is 0 Å². The van der Waals surface area contributed by atoms with E-state index in [-0.39, 0.29) is 0 Å². The highest BCUT2D eigenvalue weighted by Gasteiger charge is 1.99. The third-order valence-electron chi connectivity index (χ3n) is 0.949. The van der Waals surface area contributed by atoms with Gasteiger partial charge in [-0.15, -0.1) is 0 Å².